The molecule has 1 aliphatic rings. The number of ketones is 1. The summed E-state index contributed by atoms with van der Waals surface area (Å²) >= 11 is 0. The SMILES string of the molecule is COc1cc(C2CCN(Cc3ccccc3)CC2)ccc1C(C)=O. The van der Waals surface area contributed by atoms with Crippen LogP contribution in [0.25, 0.3) is 0 Å². The summed E-state index contributed by atoms with van der Waals surface area (Å²) < 4.78 is 5.41. The maximum absolute atomic E-state index is 11.6. The molecule has 0 atom stereocenters. The topological polar surface area (TPSA) is 29.5 Å². The van der Waals surface area contributed by atoms with E-state index in [1.165, 1.54) is 11.1 Å². The number of rotatable bonds is 5. The van der Waals surface area contributed by atoms with Gasteiger partial charge in [0.2, 0.25) is 0 Å². The van der Waals surface area contributed by atoms with Gasteiger partial charge in [-0.2, -0.15) is 0 Å². The van der Waals surface area contributed by atoms with Gasteiger partial charge in [-0.25, -0.2) is 0 Å². The highest BCUT2D eigenvalue weighted by molar-refractivity contribution is 5.96. The van der Waals surface area contributed by atoms with Gasteiger partial charge >= 0.3 is 0 Å². The Morgan fingerprint density at radius 2 is 1.83 bits per heavy atom. The van der Waals surface area contributed by atoms with Crippen LogP contribution in [-0.4, -0.2) is 30.9 Å². The van der Waals surface area contributed by atoms with Crippen LogP contribution in [0.4, 0.5) is 0 Å². The third-order valence-electron chi connectivity index (χ3n) is 4.91. The van der Waals surface area contributed by atoms with E-state index < -0.39 is 0 Å². The van der Waals surface area contributed by atoms with E-state index in [-0.39, 0.29) is 5.78 Å². The maximum atomic E-state index is 11.6. The molecule has 0 saturated carbocycles. The summed E-state index contributed by atoms with van der Waals surface area (Å²) in [6.45, 7) is 4.83. The number of ether oxygens (including phenoxy) is 1. The van der Waals surface area contributed by atoms with Crippen molar-refractivity contribution in [3.8, 4) is 5.75 Å². The van der Waals surface area contributed by atoms with Crippen molar-refractivity contribution in [2.24, 2.45) is 0 Å². The first kappa shape index (κ1) is 16.7. The van der Waals surface area contributed by atoms with Crippen LogP contribution in [0, 0.1) is 0 Å². The molecule has 0 aliphatic carbocycles. The van der Waals surface area contributed by atoms with Crippen LogP contribution in [0.1, 0.15) is 47.2 Å². The molecule has 24 heavy (non-hydrogen) atoms. The first-order chi connectivity index (χ1) is 11.7. The Morgan fingerprint density at radius 1 is 1.12 bits per heavy atom. The molecule has 0 aromatic heterocycles. The smallest absolute Gasteiger partial charge is 0.163 e. The van der Waals surface area contributed by atoms with Crippen molar-refractivity contribution in [2.75, 3.05) is 20.2 Å². The molecule has 0 amide bonds. The lowest BCUT2D eigenvalue weighted by atomic mass is 9.88. The second-order valence-corrected chi connectivity index (χ2v) is 6.55. The summed E-state index contributed by atoms with van der Waals surface area (Å²) in [5.74, 6) is 1.30. The number of nitrogens with zero attached hydrogens (tertiary/aromatic N) is 1. The fourth-order valence-corrected chi connectivity index (χ4v) is 3.52. The van der Waals surface area contributed by atoms with Gasteiger partial charge in [0.25, 0.3) is 0 Å². The fraction of sp³-hybridized carbons (Fsp3) is 0.381. The highest BCUT2D eigenvalue weighted by Crippen LogP contribution is 2.32. The number of likely N-dealkylation sites (tertiary alicyclic amines) is 1. The molecule has 1 fully saturated rings. The minimum absolute atomic E-state index is 0.0519. The van der Waals surface area contributed by atoms with Gasteiger partial charge in [0.15, 0.2) is 5.78 Å². The molecule has 3 rings (SSSR count). The van der Waals surface area contributed by atoms with E-state index in [4.69, 9.17) is 4.74 Å². The molecule has 1 saturated heterocycles. The summed E-state index contributed by atoms with van der Waals surface area (Å²) in [6.07, 6.45) is 2.30. The molecule has 0 spiro atoms. The molecule has 0 bridgehead atoms. The van der Waals surface area contributed by atoms with E-state index in [9.17, 15) is 4.79 Å². The Labute approximate surface area is 144 Å². The lowest BCUT2D eigenvalue weighted by Crippen LogP contribution is -2.32. The first-order valence-corrected chi connectivity index (χ1v) is 8.62. The van der Waals surface area contributed by atoms with Gasteiger partial charge in [0.05, 0.1) is 12.7 Å². The average Bonchev–Trinajstić information content (AvgIpc) is 2.62. The molecular weight excluding hydrogens is 298 g/mol. The zero-order chi connectivity index (χ0) is 16.9. The van der Waals surface area contributed by atoms with Crippen LogP contribution < -0.4 is 4.74 Å². The van der Waals surface area contributed by atoms with Crippen LogP contribution in [0.5, 0.6) is 5.75 Å². The average molecular weight is 323 g/mol. The quantitative estimate of drug-likeness (QED) is 0.769. The Balaban J connectivity index is 1.63. The highest BCUT2D eigenvalue weighted by Gasteiger charge is 2.22. The van der Waals surface area contributed by atoms with Gasteiger partial charge in [-0.15, -0.1) is 0 Å². The number of hydrogen-bond donors (Lipinski definition) is 0. The largest absolute Gasteiger partial charge is 0.496 e. The van der Waals surface area contributed by atoms with Gasteiger partial charge in [0, 0.05) is 6.54 Å². The Kier molecular flexibility index (Phi) is 5.31. The molecule has 2 aromatic carbocycles. The van der Waals surface area contributed by atoms with E-state index >= 15 is 0 Å². The minimum Gasteiger partial charge on any atom is -0.496 e. The molecule has 2 aromatic rings. The van der Waals surface area contributed by atoms with Crippen LogP contribution in [0.3, 0.4) is 0 Å². The van der Waals surface area contributed by atoms with Gasteiger partial charge in [0.1, 0.15) is 5.75 Å². The van der Waals surface area contributed by atoms with Gasteiger partial charge in [-0.1, -0.05) is 36.4 Å². The number of piperidine rings is 1. The van der Waals surface area contributed by atoms with Crippen LogP contribution in [-0.2, 0) is 6.54 Å². The Morgan fingerprint density at radius 3 is 2.46 bits per heavy atom. The van der Waals surface area contributed by atoms with Crippen molar-refractivity contribution < 1.29 is 9.53 Å². The van der Waals surface area contributed by atoms with Crippen molar-refractivity contribution in [1.29, 1.82) is 0 Å². The molecule has 3 nitrogen and oxygen atoms in total. The molecule has 3 heteroatoms. The van der Waals surface area contributed by atoms with Gasteiger partial charge < -0.3 is 4.74 Å². The van der Waals surface area contributed by atoms with Crippen LogP contribution >= 0.6 is 0 Å². The summed E-state index contributed by atoms with van der Waals surface area (Å²) in [6, 6.07) is 16.7. The monoisotopic (exact) mass is 323 g/mol. The summed E-state index contributed by atoms with van der Waals surface area (Å²) in [5.41, 5.74) is 3.34. The van der Waals surface area contributed by atoms with Crippen molar-refractivity contribution in [2.45, 2.75) is 32.2 Å². The molecular formula is C21H25NO2. The number of methoxy groups -OCH3 is 1. The highest BCUT2D eigenvalue weighted by atomic mass is 16.5. The first-order valence-electron chi connectivity index (χ1n) is 8.62. The number of carbonyl (C=O) groups excluding carboxylic acids is 1. The second-order valence-electron chi connectivity index (χ2n) is 6.55. The fourth-order valence-electron chi connectivity index (χ4n) is 3.52. The molecule has 0 N–H and O–H groups in total. The predicted molar refractivity (Wildman–Crippen MR) is 96.7 cm³/mol. The molecule has 1 heterocycles. The minimum atomic E-state index is 0.0519. The Hall–Kier alpha value is -2.13. The number of hydrogen-bond acceptors (Lipinski definition) is 3. The molecule has 0 unspecified atom stereocenters. The Bertz CT molecular complexity index is 688. The normalized spacial score (nSPS) is 16.1. The summed E-state index contributed by atoms with van der Waals surface area (Å²) in [5, 5.41) is 0. The third kappa shape index (κ3) is 3.85. The summed E-state index contributed by atoms with van der Waals surface area (Å²) in [7, 11) is 1.63. The van der Waals surface area contributed by atoms with E-state index in [1.54, 1.807) is 14.0 Å². The van der Waals surface area contributed by atoms with Gasteiger partial charge in [-0.05, 0) is 62.0 Å². The lowest BCUT2D eigenvalue weighted by molar-refractivity contribution is 0.101. The lowest BCUT2D eigenvalue weighted by Gasteiger charge is -2.32. The summed E-state index contributed by atoms with van der Waals surface area (Å²) in [4.78, 5) is 14.2. The van der Waals surface area contributed by atoms with Crippen molar-refractivity contribution in [1.82, 2.24) is 4.90 Å². The van der Waals surface area contributed by atoms with Crippen LogP contribution in [0.15, 0.2) is 48.5 Å². The third-order valence-corrected chi connectivity index (χ3v) is 4.91. The van der Waals surface area contributed by atoms with Crippen molar-refractivity contribution >= 4 is 5.78 Å². The van der Waals surface area contributed by atoms with Crippen molar-refractivity contribution in [3.63, 3.8) is 0 Å². The molecule has 0 radical (unpaired) electrons. The van der Waals surface area contributed by atoms with E-state index in [1.807, 2.05) is 12.1 Å². The van der Waals surface area contributed by atoms with Gasteiger partial charge in [-0.3, -0.25) is 9.69 Å². The zero-order valence-electron chi connectivity index (χ0n) is 14.5. The zero-order valence-corrected chi connectivity index (χ0v) is 14.5. The van der Waals surface area contributed by atoms with Crippen LogP contribution in [0.2, 0.25) is 0 Å². The second kappa shape index (κ2) is 7.63. The number of Topliss-reactive ketones (excluding diaryl/α,β-unsaturated/α-hetero) is 1. The predicted octanol–water partition coefficient (Wildman–Crippen LogP) is 4.28. The standard InChI is InChI=1S/C21H25NO2/c1-16(23)20-9-8-19(14-21(20)24-2)18-10-12-22(13-11-18)15-17-6-4-3-5-7-17/h3-9,14,18H,10-13,15H2,1-2H3. The van der Waals surface area contributed by atoms with E-state index in [0.717, 1.165) is 32.5 Å². The molecule has 126 valence electrons. The van der Waals surface area contributed by atoms with E-state index in [2.05, 4.69) is 41.3 Å². The molecule has 1 aliphatic heterocycles. The number of benzene rings is 2. The van der Waals surface area contributed by atoms with Crippen molar-refractivity contribution in [3.05, 3.63) is 65.2 Å². The van der Waals surface area contributed by atoms with E-state index in [0.29, 0.717) is 17.2 Å². The maximum Gasteiger partial charge on any atom is 0.163 e. The number of carbonyl (C=O) groups is 1.